The zero-order chi connectivity index (χ0) is 23.3. The maximum atomic E-state index is 12.8. The molecule has 0 aliphatic carbocycles. The lowest BCUT2D eigenvalue weighted by Gasteiger charge is -2.27. The number of rotatable bonds is 6. The molecule has 2 aromatic carbocycles. The quantitative estimate of drug-likeness (QED) is 0.519. The molecule has 8 heteroatoms. The number of hydrogen-bond acceptors (Lipinski definition) is 7. The number of hydrogen-bond donors (Lipinski definition) is 3. The lowest BCUT2D eigenvalue weighted by molar-refractivity contribution is -0.117. The second kappa shape index (κ2) is 10.2. The second-order valence-electron chi connectivity index (χ2n) is 8.80. The Bertz CT molecular complexity index is 1110. The second-order valence-corrected chi connectivity index (χ2v) is 8.80. The van der Waals surface area contributed by atoms with Crippen molar-refractivity contribution >= 4 is 17.4 Å². The highest BCUT2D eigenvalue weighted by molar-refractivity contribution is 5.95. The Morgan fingerprint density at radius 3 is 2.56 bits per heavy atom. The summed E-state index contributed by atoms with van der Waals surface area (Å²) in [5, 5.41) is 11.8. The van der Waals surface area contributed by atoms with Crippen LogP contribution in [0.25, 0.3) is 11.3 Å². The fraction of sp³-hybridized carbons (Fsp3) is 0.346. The molecule has 3 aromatic rings. The molecule has 0 saturated carbocycles. The number of nitrogens with one attached hydrogen (secondary N) is 3. The molecule has 0 spiro atoms. The van der Waals surface area contributed by atoms with Gasteiger partial charge in [0.05, 0.1) is 12.8 Å². The maximum absolute atomic E-state index is 12.8. The Balaban J connectivity index is 1.18. The summed E-state index contributed by atoms with van der Waals surface area (Å²) in [5.74, 6) is 1.67. The summed E-state index contributed by atoms with van der Waals surface area (Å²) < 4.78 is 5.30. The SMILES string of the molecule is COc1cccc(C2CC(C(=O)Nc3ccc(-c4ccc(N5CCCCC5)nn4)cc3)NN2)c1. The van der Waals surface area contributed by atoms with Gasteiger partial charge in [-0.3, -0.25) is 4.79 Å². The van der Waals surface area contributed by atoms with Crippen LogP contribution in [-0.4, -0.2) is 42.3 Å². The first-order valence-corrected chi connectivity index (χ1v) is 11.8. The van der Waals surface area contributed by atoms with E-state index >= 15 is 0 Å². The first-order chi connectivity index (χ1) is 16.7. The molecule has 5 rings (SSSR count). The van der Waals surface area contributed by atoms with E-state index in [1.807, 2.05) is 60.7 Å². The van der Waals surface area contributed by atoms with Gasteiger partial charge in [-0.25, -0.2) is 10.9 Å². The standard InChI is InChI=1S/C26H30N6O2/c1-34-21-7-5-6-19(16-21)23-17-24(30-29-23)26(33)27-20-10-8-18(9-11-20)22-12-13-25(31-28-22)32-14-3-2-4-15-32/h5-13,16,23-24,29-30H,2-4,14-15,17H2,1H3,(H,27,33). The molecular formula is C26H30N6O2. The lowest BCUT2D eigenvalue weighted by Crippen LogP contribution is -2.39. The van der Waals surface area contributed by atoms with Crippen LogP contribution in [0.3, 0.4) is 0 Å². The minimum absolute atomic E-state index is 0.0414. The molecule has 2 unspecified atom stereocenters. The molecule has 0 bridgehead atoms. The third-order valence-electron chi connectivity index (χ3n) is 6.49. The van der Waals surface area contributed by atoms with Gasteiger partial charge in [-0.05, 0) is 67.6 Å². The van der Waals surface area contributed by atoms with E-state index in [0.29, 0.717) is 6.42 Å². The molecule has 0 radical (unpaired) electrons. The fourth-order valence-electron chi connectivity index (χ4n) is 4.53. The van der Waals surface area contributed by atoms with Crippen molar-refractivity contribution in [3.8, 4) is 17.0 Å². The normalized spacial score (nSPS) is 20.2. The first-order valence-electron chi connectivity index (χ1n) is 11.8. The number of carbonyl (C=O) groups excluding carboxylic acids is 1. The van der Waals surface area contributed by atoms with Gasteiger partial charge in [0.1, 0.15) is 11.8 Å². The number of methoxy groups -OCH3 is 1. The Morgan fingerprint density at radius 2 is 1.82 bits per heavy atom. The number of ether oxygens (including phenoxy) is 1. The van der Waals surface area contributed by atoms with Crippen LogP contribution < -0.4 is 25.8 Å². The van der Waals surface area contributed by atoms with Crippen LogP contribution in [0.2, 0.25) is 0 Å². The van der Waals surface area contributed by atoms with Crippen molar-refractivity contribution in [3.63, 3.8) is 0 Å². The molecule has 2 saturated heterocycles. The molecule has 2 aliphatic heterocycles. The molecule has 3 N–H and O–H groups in total. The van der Waals surface area contributed by atoms with E-state index in [1.165, 1.54) is 19.3 Å². The van der Waals surface area contributed by atoms with Gasteiger partial charge in [0.15, 0.2) is 5.82 Å². The van der Waals surface area contributed by atoms with Crippen LogP contribution >= 0.6 is 0 Å². The third kappa shape index (κ3) is 5.03. The van der Waals surface area contributed by atoms with Gasteiger partial charge < -0.3 is 15.0 Å². The zero-order valence-corrected chi connectivity index (χ0v) is 19.3. The maximum Gasteiger partial charge on any atom is 0.242 e. The largest absolute Gasteiger partial charge is 0.497 e. The van der Waals surface area contributed by atoms with Crippen molar-refractivity contribution in [1.29, 1.82) is 0 Å². The number of aromatic nitrogens is 2. The van der Waals surface area contributed by atoms with Gasteiger partial charge in [0.2, 0.25) is 5.91 Å². The topological polar surface area (TPSA) is 91.4 Å². The highest BCUT2D eigenvalue weighted by atomic mass is 16.5. The predicted molar refractivity (Wildman–Crippen MR) is 133 cm³/mol. The van der Waals surface area contributed by atoms with E-state index in [4.69, 9.17) is 4.74 Å². The van der Waals surface area contributed by atoms with E-state index in [0.717, 1.165) is 47.2 Å². The van der Waals surface area contributed by atoms with Crippen LogP contribution in [0.15, 0.2) is 60.7 Å². The van der Waals surface area contributed by atoms with Crippen molar-refractivity contribution in [2.75, 3.05) is 30.4 Å². The molecular weight excluding hydrogens is 428 g/mol. The smallest absolute Gasteiger partial charge is 0.242 e. The van der Waals surface area contributed by atoms with Crippen molar-refractivity contribution in [1.82, 2.24) is 21.0 Å². The van der Waals surface area contributed by atoms with Gasteiger partial charge in [0, 0.05) is 30.4 Å². The Labute approximate surface area is 199 Å². The predicted octanol–water partition coefficient (Wildman–Crippen LogP) is 3.69. The van der Waals surface area contributed by atoms with E-state index in [9.17, 15) is 4.79 Å². The molecule has 176 valence electrons. The molecule has 8 nitrogen and oxygen atoms in total. The number of piperidine rings is 1. The van der Waals surface area contributed by atoms with E-state index in [2.05, 4.69) is 31.3 Å². The van der Waals surface area contributed by atoms with Crippen LogP contribution in [-0.2, 0) is 4.79 Å². The number of anilines is 2. The summed E-state index contributed by atoms with van der Waals surface area (Å²) in [6, 6.07) is 19.4. The molecule has 2 aliphatic rings. The lowest BCUT2D eigenvalue weighted by atomic mass is 10.0. The molecule has 2 atom stereocenters. The first kappa shape index (κ1) is 22.3. The van der Waals surface area contributed by atoms with Crippen LogP contribution in [0.4, 0.5) is 11.5 Å². The third-order valence-corrected chi connectivity index (χ3v) is 6.49. The number of amides is 1. The average molecular weight is 459 g/mol. The summed E-state index contributed by atoms with van der Waals surface area (Å²) in [4.78, 5) is 15.1. The molecule has 1 amide bonds. The van der Waals surface area contributed by atoms with Crippen molar-refractivity contribution in [3.05, 3.63) is 66.2 Å². The molecule has 1 aromatic heterocycles. The molecule has 3 heterocycles. The van der Waals surface area contributed by atoms with Crippen LogP contribution in [0, 0.1) is 0 Å². The monoisotopic (exact) mass is 458 g/mol. The molecule has 2 fully saturated rings. The Morgan fingerprint density at radius 1 is 1.00 bits per heavy atom. The van der Waals surface area contributed by atoms with E-state index in [1.54, 1.807) is 7.11 Å². The average Bonchev–Trinajstić information content (AvgIpc) is 3.41. The number of carbonyl (C=O) groups is 1. The van der Waals surface area contributed by atoms with Gasteiger partial charge in [-0.1, -0.05) is 24.3 Å². The zero-order valence-electron chi connectivity index (χ0n) is 19.3. The minimum atomic E-state index is -0.330. The van der Waals surface area contributed by atoms with E-state index in [-0.39, 0.29) is 18.0 Å². The summed E-state index contributed by atoms with van der Waals surface area (Å²) in [6.07, 6.45) is 4.37. The van der Waals surface area contributed by atoms with Gasteiger partial charge in [0.25, 0.3) is 0 Å². The summed E-state index contributed by atoms with van der Waals surface area (Å²) in [7, 11) is 1.65. The Hall–Kier alpha value is -3.49. The summed E-state index contributed by atoms with van der Waals surface area (Å²) >= 11 is 0. The number of hydrazine groups is 1. The van der Waals surface area contributed by atoms with Crippen molar-refractivity contribution < 1.29 is 9.53 Å². The van der Waals surface area contributed by atoms with Crippen molar-refractivity contribution in [2.45, 2.75) is 37.8 Å². The number of nitrogens with zero attached hydrogens (tertiary/aromatic N) is 3. The van der Waals surface area contributed by atoms with Gasteiger partial charge >= 0.3 is 0 Å². The van der Waals surface area contributed by atoms with Gasteiger partial charge in [-0.15, -0.1) is 10.2 Å². The highest BCUT2D eigenvalue weighted by Crippen LogP contribution is 2.26. The molecule has 34 heavy (non-hydrogen) atoms. The van der Waals surface area contributed by atoms with Crippen LogP contribution in [0.5, 0.6) is 5.75 Å². The number of benzene rings is 2. The Kier molecular flexibility index (Phi) is 6.69. The minimum Gasteiger partial charge on any atom is -0.497 e. The summed E-state index contributed by atoms with van der Waals surface area (Å²) in [6.45, 7) is 2.10. The fourth-order valence-corrected chi connectivity index (χ4v) is 4.53. The van der Waals surface area contributed by atoms with Crippen molar-refractivity contribution in [2.24, 2.45) is 0 Å². The summed E-state index contributed by atoms with van der Waals surface area (Å²) in [5.41, 5.74) is 9.94. The van der Waals surface area contributed by atoms with Gasteiger partial charge in [-0.2, -0.15) is 0 Å². The van der Waals surface area contributed by atoms with E-state index < -0.39 is 0 Å². The highest BCUT2D eigenvalue weighted by Gasteiger charge is 2.30. The van der Waals surface area contributed by atoms with Crippen LogP contribution in [0.1, 0.15) is 37.3 Å².